The van der Waals surface area contributed by atoms with Gasteiger partial charge < -0.3 is 5.32 Å². The highest BCUT2D eigenvalue weighted by Crippen LogP contribution is 2.20. The van der Waals surface area contributed by atoms with E-state index in [2.05, 4.69) is 26.1 Å². The maximum absolute atomic E-state index is 13.1. The Bertz CT molecular complexity index is 255. The monoisotopic (exact) mass is 230 g/mol. The van der Waals surface area contributed by atoms with Crippen molar-refractivity contribution in [2.75, 3.05) is 20.1 Å². The first-order chi connectivity index (χ1) is 7.35. The van der Waals surface area contributed by atoms with Gasteiger partial charge >= 0.3 is 0 Å². The number of likely N-dealkylation sites (N-methyl/N-ethyl adjacent to an activating group) is 1. The van der Waals surface area contributed by atoms with Crippen molar-refractivity contribution in [3.05, 3.63) is 0 Å². The second-order valence-electron chi connectivity index (χ2n) is 5.52. The Morgan fingerprint density at radius 2 is 2.19 bits per heavy atom. The van der Waals surface area contributed by atoms with Crippen LogP contribution in [-0.2, 0) is 4.79 Å². The molecule has 1 N–H and O–H groups in total. The van der Waals surface area contributed by atoms with Crippen molar-refractivity contribution < 1.29 is 9.18 Å². The standard InChI is InChI=1S/C12H23FN2O/c1-5-12(2,3)8-14-11(16)10-6-9(13)7-15(10)4/h9-10H,5-8H2,1-4H3,(H,14,16)/t9-,10-/m0/s1. The summed E-state index contributed by atoms with van der Waals surface area (Å²) in [6, 6.07) is -0.289. The van der Waals surface area contributed by atoms with Gasteiger partial charge in [-0.1, -0.05) is 20.8 Å². The van der Waals surface area contributed by atoms with Gasteiger partial charge in [0, 0.05) is 19.5 Å². The summed E-state index contributed by atoms with van der Waals surface area (Å²) in [5.74, 6) is -0.0378. The van der Waals surface area contributed by atoms with Gasteiger partial charge in [-0.15, -0.1) is 0 Å². The molecule has 0 aliphatic carbocycles. The second-order valence-corrected chi connectivity index (χ2v) is 5.52. The lowest BCUT2D eigenvalue weighted by Crippen LogP contribution is -2.44. The van der Waals surface area contributed by atoms with E-state index in [1.165, 1.54) is 0 Å². The largest absolute Gasteiger partial charge is 0.354 e. The highest BCUT2D eigenvalue weighted by Gasteiger charge is 2.34. The van der Waals surface area contributed by atoms with Crippen LogP contribution in [-0.4, -0.2) is 43.2 Å². The number of hydrogen-bond donors (Lipinski definition) is 1. The van der Waals surface area contributed by atoms with E-state index < -0.39 is 6.17 Å². The number of nitrogens with one attached hydrogen (secondary N) is 1. The molecule has 0 radical (unpaired) electrons. The molecule has 0 bridgehead atoms. The predicted molar refractivity (Wildman–Crippen MR) is 63.0 cm³/mol. The molecule has 3 nitrogen and oxygen atoms in total. The van der Waals surface area contributed by atoms with Gasteiger partial charge in [-0.3, -0.25) is 9.69 Å². The fraction of sp³-hybridized carbons (Fsp3) is 0.917. The third-order valence-electron chi connectivity index (χ3n) is 3.50. The Balaban J connectivity index is 2.41. The number of carbonyl (C=O) groups is 1. The van der Waals surface area contributed by atoms with Crippen LogP contribution in [0.2, 0.25) is 0 Å². The van der Waals surface area contributed by atoms with Gasteiger partial charge in [-0.05, 0) is 18.9 Å². The van der Waals surface area contributed by atoms with Crippen molar-refractivity contribution in [2.24, 2.45) is 5.41 Å². The maximum Gasteiger partial charge on any atom is 0.237 e. The smallest absolute Gasteiger partial charge is 0.237 e. The number of likely N-dealkylation sites (tertiary alicyclic amines) is 1. The van der Waals surface area contributed by atoms with Crippen molar-refractivity contribution in [1.82, 2.24) is 10.2 Å². The summed E-state index contributed by atoms with van der Waals surface area (Å²) in [6.07, 6.45) is 0.481. The summed E-state index contributed by atoms with van der Waals surface area (Å²) in [4.78, 5) is 13.6. The van der Waals surface area contributed by atoms with Gasteiger partial charge in [0.05, 0.1) is 6.04 Å². The van der Waals surface area contributed by atoms with E-state index in [0.717, 1.165) is 6.42 Å². The molecular formula is C12H23FN2O. The number of carbonyl (C=O) groups excluding carboxylic acids is 1. The fourth-order valence-corrected chi connectivity index (χ4v) is 1.81. The van der Waals surface area contributed by atoms with Crippen LogP contribution in [0.1, 0.15) is 33.6 Å². The molecule has 1 heterocycles. The number of amides is 1. The third-order valence-corrected chi connectivity index (χ3v) is 3.50. The maximum atomic E-state index is 13.1. The summed E-state index contributed by atoms with van der Waals surface area (Å²) in [7, 11) is 1.80. The average Bonchev–Trinajstić information content (AvgIpc) is 2.54. The normalized spacial score (nSPS) is 27.1. The molecule has 1 amide bonds. The minimum absolute atomic E-state index is 0.0378. The van der Waals surface area contributed by atoms with Gasteiger partial charge in [0.1, 0.15) is 6.17 Å². The van der Waals surface area contributed by atoms with Crippen molar-refractivity contribution in [3.8, 4) is 0 Å². The molecule has 0 spiro atoms. The Labute approximate surface area is 97.4 Å². The number of rotatable bonds is 4. The molecule has 4 heteroatoms. The van der Waals surface area contributed by atoms with Crippen LogP contribution in [0.5, 0.6) is 0 Å². The molecule has 0 aromatic heterocycles. The molecule has 16 heavy (non-hydrogen) atoms. The molecule has 0 unspecified atom stereocenters. The van der Waals surface area contributed by atoms with Gasteiger partial charge in [0.25, 0.3) is 0 Å². The van der Waals surface area contributed by atoms with Gasteiger partial charge in [0.2, 0.25) is 5.91 Å². The minimum atomic E-state index is -0.861. The predicted octanol–water partition coefficient (Wildman–Crippen LogP) is 1.58. The summed E-state index contributed by atoms with van der Waals surface area (Å²) >= 11 is 0. The van der Waals surface area contributed by atoms with E-state index in [1.54, 1.807) is 11.9 Å². The van der Waals surface area contributed by atoms with E-state index in [0.29, 0.717) is 19.5 Å². The van der Waals surface area contributed by atoms with E-state index in [1.807, 2.05) is 0 Å². The molecule has 1 rings (SSSR count). The van der Waals surface area contributed by atoms with Crippen molar-refractivity contribution in [1.29, 1.82) is 0 Å². The minimum Gasteiger partial charge on any atom is -0.354 e. The topological polar surface area (TPSA) is 32.3 Å². The summed E-state index contributed by atoms with van der Waals surface area (Å²) < 4.78 is 13.1. The zero-order chi connectivity index (χ0) is 12.3. The first kappa shape index (κ1) is 13.4. The Morgan fingerprint density at radius 3 is 2.62 bits per heavy atom. The van der Waals surface area contributed by atoms with E-state index in [4.69, 9.17) is 0 Å². The summed E-state index contributed by atoms with van der Waals surface area (Å²) in [5, 5.41) is 2.92. The van der Waals surface area contributed by atoms with Gasteiger partial charge in [-0.2, -0.15) is 0 Å². The van der Waals surface area contributed by atoms with Gasteiger partial charge in [-0.25, -0.2) is 4.39 Å². The summed E-state index contributed by atoms with van der Waals surface area (Å²) in [5.41, 5.74) is 0.113. The van der Waals surface area contributed by atoms with Crippen LogP contribution in [0.15, 0.2) is 0 Å². The molecule has 2 atom stereocenters. The number of halogens is 1. The molecule has 1 saturated heterocycles. The quantitative estimate of drug-likeness (QED) is 0.795. The van der Waals surface area contributed by atoms with Crippen LogP contribution in [0.25, 0.3) is 0 Å². The zero-order valence-corrected chi connectivity index (χ0v) is 10.7. The fourth-order valence-electron chi connectivity index (χ4n) is 1.81. The van der Waals surface area contributed by atoms with E-state index >= 15 is 0 Å². The van der Waals surface area contributed by atoms with Crippen LogP contribution < -0.4 is 5.32 Å². The molecule has 0 saturated carbocycles. The number of nitrogens with zero attached hydrogens (tertiary/aromatic N) is 1. The van der Waals surface area contributed by atoms with E-state index in [9.17, 15) is 9.18 Å². The SMILES string of the molecule is CCC(C)(C)CNC(=O)[C@@H]1C[C@H](F)CN1C. The lowest BCUT2D eigenvalue weighted by Gasteiger charge is -2.25. The Kier molecular flexibility index (Phi) is 4.30. The van der Waals surface area contributed by atoms with Gasteiger partial charge in [0.15, 0.2) is 0 Å². The molecule has 0 aromatic carbocycles. The number of hydrogen-bond acceptors (Lipinski definition) is 2. The van der Waals surface area contributed by atoms with Crippen molar-refractivity contribution in [2.45, 2.75) is 45.8 Å². The third kappa shape index (κ3) is 3.44. The van der Waals surface area contributed by atoms with Crippen LogP contribution in [0, 0.1) is 5.41 Å². The molecule has 94 valence electrons. The molecular weight excluding hydrogens is 207 g/mol. The highest BCUT2D eigenvalue weighted by molar-refractivity contribution is 5.82. The van der Waals surface area contributed by atoms with E-state index in [-0.39, 0.29) is 17.4 Å². The Morgan fingerprint density at radius 1 is 1.56 bits per heavy atom. The zero-order valence-electron chi connectivity index (χ0n) is 10.7. The molecule has 1 aliphatic heterocycles. The Hall–Kier alpha value is -0.640. The van der Waals surface area contributed by atoms with Crippen molar-refractivity contribution in [3.63, 3.8) is 0 Å². The van der Waals surface area contributed by atoms with Crippen LogP contribution >= 0.6 is 0 Å². The molecule has 1 fully saturated rings. The molecule has 0 aromatic rings. The second kappa shape index (κ2) is 5.13. The van der Waals surface area contributed by atoms with Crippen LogP contribution in [0.4, 0.5) is 4.39 Å². The first-order valence-electron chi connectivity index (χ1n) is 5.98. The number of alkyl halides is 1. The summed E-state index contributed by atoms with van der Waals surface area (Å²) in [6.45, 7) is 7.36. The van der Waals surface area contributed by atoms with Crippen LogP contribution in [0.3, 0.4) is 0 Å². The first-order valence-corrected chi connectivity index (χ1v) is 5.98. The lowest BCUT2D eigenvalue weighted by molar-refractivity contribution is -0.125. The highest BCUT2D eigenvalue weighted by atomic mass is 19.1. The molecule has 1 aliphatic rings. The van der Waals surface area contributed by atoms with Crippen molar-refractivity contribution >= 4 is 5.91 Å². The average molecular weight is 230 g/mol. The lowest BCUT2D eigenvalue weighted by atomic mass is 9.90.